The minimum absolute atomic E-state index is 0.165. The summed E-state index contributed by atoms with van der Waals surface area (Å²) in [6.07, 6.45) is 1.42. The maximum absolute atomic E-state index is 12.0. The van der Waals surface area contributed by atoms with Crippen LogP contribution in [-0.4, -0.2) is 34.1 Å². The second-order valence-corrected chi connectivity index (χ2v) is 5.37. The number of aromatic hydroxyl groups is 2. The maximum Gasteiger partial charge on any atom is 0.298 e. The van der Waals surface area contributed by atoms with Gasteiger partial charge in [-0.05, 0) is 18.2 Å². The topological polar surface area (TPSA) is 137 Å². The number of phenols is 2. The molecule has 110 valence electrons. The van der Waals surface area contributed by atoms with Crippen molar-refractivity contribution >= 4 is 21.8 Å². The second kappa shape index (κ2) is 5.38. The molecule has 0 bridgehead atoms. The Labute approximate surface area is 119 Å². The van der Waals surface area contributed by atoms with E-state index in [-0.39, 0.29) is 5.82 Å². The third kappa shape index (κ3) is 3.27. The second-order valence-electron chi connectivity index (χ2n) is 3.98. The predicted octanol–water partition coefficient (Wildman–Crippen LogP) is 0.992. The van der Waals surface area contributed by atoms with Crippen LogP contribution in [0.4, 0.5) is 5.82 Å². The molecule has 0 aliphatic heterocycles. The Morgan fingerprint density at radius 2 is 1.90 bits per heavy atom. The van der Waals surface area contributed by atoms with Crippen LogP contribution in [0.15, 0.2) is 41.4 Å². The van der Waals surface area contributed by atoms with Crippen LogP contribution < -0.4 is 5.32 Å². The number of rotatable bonds is 3. The van der Waals surface area contributed by atoms with Crippen molar-refractivity contribution in [3.8, 4) is 11.5 Å². The molecule has 0 saturated heterocycles. The van der Waals surface area contributed by atoms with E-state index in [1.54, 1.807) is 12.1 Å². The molecule has 0 radical (unpaired) electrons. The van der Waals surface area contributed by atoms with Gasteiger partial charge in [-0.2, -0.15) is 8.42 Å². The van der Waals surface area contributed by atoms with Gasteiger partial charge in [0.15, 0.2) is 0 Å². The van der Waals surface area contributed by atoms with Crippen LogP contribution in [-0.2, 0) is 10.1 Å². The van der Waals surface area contributed by atoms with E-state index in [1.807, 2.05) is 0 Å². The van der Waals surface area contributed by atoms with E-state index in [4.69, 9.17) is 4.55 Å². The summed E-state index contributed by atoms with van der Waals surface area (Å²) in [5, 5.41) is 21.5. The fourth-order valence-electron chi connectivity index (χ4n) is 1.58. The van der Waals surface area contributed by atoms with Gasteiger partial charge in [0.25, 0.3) is 16.0 Å². The zero-order chi connectivity index (χ0) is 15.6. The van der Waals surface area contributed by atoms with Crippen molar-refractivity contribution in [3.05, 3.63) is 42.1 Å². The highest BCUT2D eigenvalue weighted by molar-refractivity contribution is 7.86. The Bertz CT molecular complexity index is 789. The number of nitrogens with zero attached hydrogens (tertiary/aromatic N) is 1. The molecule has 1 amide bonds. The summed E-state index contributed by atoms with van der Waals surface area (Å²) in [4.78, 5) is 14.8. The molecule has 4 N–H and O–H groups in total. The first-order valence-electron chi connectivity index (χ1n) is 5.55. The van der Waals surface area contributed by atoms with Gasteiger partial charge in [0.2, 0.25) is 0 Å². The van der Waals surface area contributed by atoms with Crippen LogP contribution in [0.5, 0.6) is 11.5 Å². The van der Waals surface area contributed by atoms with E-state index in [2.05, 4.69) is 10.3 Å². The number of carbonyl (C=O) groups is 1. The molecule has 0 atom stereocenters. The normalized spacial score (nSPS) is 11.1. The lowest BCUT2D eigenvalue weighted by atomic mass is 10.1. The summed E-state index contributed by atoms with van der Waals surface area (Å²) in [6.45, 7) is 0. The fraction of sp³-hybridized carbons (Fsp3) is 0. The van der Waals surface area contributed by atoms with Gasteiger partial charge in [0, 0.05) is 12.3 Å². The van der Waals surface area contributed by atoms with Gasteiger partial charge in [0.1, 0.15) is 22.2 Å². The zero-order valence-electron chi connectivity index (χ0n) is 10.4. The van der Waals surface area contributed by atoms with Crippen LogP contribution >= 0.6 is 0 Å². The number of benzene rings is 1. The minimum Gasteiger partial charge on any atom is -0.508 e. The molecule has 1 heterocycles. The number of hydrogen-bond acceptors (Lipinski definition) is 6. The number of amides is 1. The number of carbonyl (C=O) groups excluding carboxylic acids is 1. The standard InChI is InChI=1S/C12H10N2O6S/c15-7-5-8(11(16)9(6-7)21(18,19)20)12(17)14-10-3-1-2-4-13-10/h1-6,15-16H,(H,13,14,17)(H,18,19,20). The fourth-order valence-corrected chi connectivity index (χ4v) is 2.21. The van der Waals surface area contributed by atoms with Crippen LogP contribution in [0.1, 0.15) is 10.4 Å². The summed E-state index contributed by atoms with van der Waals surface area (Å²) < 4.78 is 31.1. The number of aromatic nitrogens is 1. The Morgan fingerprint density at radius 3 is 2.48 bits per heavy atom. The van der Waals surface area contributed by atoms with E-state index in [9.17, 15) is 23.4 Å². The molecule has 0 fully saturated rings. The van der Waals surface area contributed by atoms with Crippen LogP contribution in [0.3, 0.4) is 0 Å². The summed E-state index contributed by atoms with van der Waals surface area (Å²) >= 11 is 0. The van der Waals surface area contributed by atoms with Crippen molar-refractivity contribution in [1.29, 1.82) is 0 Å². The van der Waals surface area contributed by atoms with E-state index in [0.29, 0.717) is 6.07 Å². The van der Waals surface area contributed by atoms with Crippen LogP contribution in [0, 0.1) is 0 Å². The first kappa shape index (κ1) is 14.8. The summed E-state index contributed by atoms with van der Waals surface area (Å²) in [6, 6.07) is 6.19. The third-order valence-corrected chi connectivity index (χ3v) is 3.36. The number of hydrogen-bond donors (Lipinski definition) is 4. The zero-order valence-corrected chi connectivity index (χ0v) is 11.2. The molecule has 0 aliphatic rings. The molecule has 21 heavy (non-hydrogen) atoms. The van der Waals surface area contributed by atoms with Gasteiger partial charge in [-0.25, -0.2) is 4.98 Å². The lowest BCUT2D eigenvalue weighted by Crippen LogP contribution is -2.14. The Kier molecular flexibility index (Phi) is 3.78. The van der Waals surface area contributed by atoms with E-state index in [0.717, 1.165) is 6.07 Å². The largest absolute Gasteiger partial charge is 0.508 e. The molecular formula is C12H10N2O6S. The van der Waals surface area contributed by atoms with Crippen LogP contribution in [0.2, 0.25) is 0 Å². The molecule has 0 unspecified atom stereocenters. The molecule has 8 nitrogen and oxygen atoms in total. The smallest absolute Gasteiger partial charge is 0.298 e. The van der Waals surface area contributed by atoms with Crippen LogP contribution in [0.25, 0.3) is 0 Å². The highest BCUT2D eigenvalue weighted by atomic mass is 32.2. The highest BCUT2D eigenvalue weighted by Crippen LogP contribution is 2.31. The molecule has 0 aliphatic carbocycles. The van der Waals surface area contributed by atoms with E-state index >= 15 is 0 Å². The van der Waals surface area contributed by atoms with Gasteiger partial charge < -0.3 is 15.5 Å². The van der Waals surface area contributed by atoms with E-state index in [1.165, 1.54) is 12.3 Å². The van der Waals surface area contributed by atoms with Crippen molar-refractivity contribution in [1.82, 2.24) is 4.98 Å². The summed E-state index contributed by atoms with van der Waals surface area (Å²) in [7, 11) is -4.79. The van der Waals surface area contributed by atoms with Crippen molar-refractivity contribution in [3.63, 3.8) is 0 Å². The Balaban J connectivity index is 2.45. The lowest BCUT2D eigenvalue weighted by molar-refractivity contribution is 0.102. The number of phenolic OH excluding ortho intramolecular Hbond substituents is 2. The molecule has 2 rings (SSSR count). The van der Waals surface area contributed by atoms with E-state index < -0.39 is 38.0 Å². The van der Waals surface area contributed by atoms with Crippen molar-refractivity contribution in [2.24, 2.45) is 0 Å². The quantitative estimate of drug-likeness (QED) is 0.490. The SMILES string of the molecule is O=C(Nc1ccccn1)c1cc(O)cc(S(=O)(=O)O)c1O. The Hall–Kier alpha value is -2.65. The number of nitrogens with one attached hydrogen (secondary N) is 1. The van der Waals surface area contributed by atoms with Gasteiger partial charge in [-0.1, -0.05) is 6.07 Å². The number of anilines is 1. The highest BCUT2D eigenvalue weighted by Gasteiger charge is 2.23. The van der Waals surface area contributed by atoms with Crippen molar-refractivity contribution < 1.29 is 28.0 Å². The Morgan fingerprint density at radius 1 is 1.19 bits per heavy atom. The summed E-state index contributed by atoms with van der Waals surface area (Å²) in [5.41, 5.74) is -0.520. The van der Waals surface area contributed by atoms with Gasteiger partial charge in [-0.15, -0.1) is 0 Å². The van der Waals surface area contributed by atoms with Gasteiger partial charge in [0.05, 0.1) is 5.56 Å². The lowest BCUT2D eigenvalue weighted by Gasteiger charge is -2.09. The maximum atomic E-state index is 12.0. The molecule has 1 aromatic heterocycles. The average Bonchev–Trinajstić information content (AvgIpc) is 2.40. The first-order chi connectivity index (χ1) is 9.79. The number of pyridine rings is 1. The molecule has 0 spiro atoms. The molecule has 1 aromatic carbocycles. The monoisotopic (exact) mass is 310 g/mol. The molecule has 0 saturated carbocycles. The van der Waals surface area contributed by atoms with Gasteiger partial charge in [-0.3, -0.25) is 9.35 Å². The molecule has 9 heteroatoms. The predicted molar refractivity (Wildman–Crippen MR) is 71.8 cm³/mol. The summed E-state index contributed by atoms with van der Waals surface area (Å²) in [5.74, 6) is -2.30. The van der Waals surface area contributed by atoms with Gasteiger partial charge >= 0.3 is 0 Å². The van der Waals surface area contributed by atoms with Crippen molar-refractivity contribution in [2.45, 2.75) is 4.90 Å². The average molecular weight is 310 g/mol. The van der Waals surface area contributed by atoms with Crippen molar-refractivity contribution in [2.75, 3.05) is 5.32 Å². The first-order valence-corrected chi connectivity index (χ1v) is 6.99. The molecule has 2 aromatic rings. The minimum atomic E-state index is -4.79. The molecular weight excluding hydrogens is 300 g/mol. The third-order valence-electron chi connectivity index (χ3n) is 2.49.